The first kappa shape index (κ1) is 7.37. The molecule has 0 spiro atoms. The van der Waals surface area contributed by atoms with E-state index in [0.717, 1.165) is 0 Å². The highest BCUT2D eigenvalue weighted by Gasteiger charge is 2.17. The van der Waals surface area contributed by atoms with Gasteiger partial charge in [0.1, 0.15) is 12.9 Å². The van der Waals surface area contributed by atoms with Crippen molar-refractivity contribution in [3.05, 3.63) is 12.0 Å². The maximum absolute atomic E-state index is 8.52. The zero-order valence-electron chi connectivity index (χ0n) is 5.74. The third-order valence-electron chi connectivity index (χ3n) is 1.02. The fourth-order valence-electron chi connectivity index (χ4n) is 0.595. The fraction of sp³-hybridized carbons (Fsp3) is 0.667. The summed E-state index contributed by atoms with van der Waals surface area (Å²) in [7, 11) is 0. The summed E-state index contributed by atoms with van der Waals surface area (Å²) in [6.45, 7) is 1.55. The molecule has 10 heavy (non-hydrogen) atoms. The highest BCUT2D eigenvalue weighted by molar-refractivity contribution is 4.90. The van der Waals surface area contributed by atoms with E-state index in [-0.39, 0.29) is 6.61 Å². The minimum absolute atomic E-state index is 0.149. The van der Waals surface area contributed by atoms with Crippen LogP contribution in [0.25, 0.3) is 0 Å². The zero-order chi connectivity index (χ0) is 7.40. The minimum atomic E-state index is -0.660. The molecule has 0 aromatic heterocycles. The maximum Gasteiger partial charge on any atom is 0.360 e. The Bertz CT molecular complexity index is 132. The molecule has 0 aromatic carbocycles. The smallest absolute Gasteiger partial charge is 0.360 e. The predicted molar refractivity (Wildman–Crippen MR) is 32.8 cm³/mol. The average Bonchev–Trinajstić information content (AvgIpc) is 2.37. The molecule has 0 amide bonds. The first-order chi connectivity index (χ1) is 4.86. The lowest BCUT2D eigenvalue weighted by Crippen LogP contribution is -2.13. The van der Waals surface area contributed by atoms with Crippen LogP contribution in [0.5, 0.6) is 0 Å². The zero-order valence-corrected chi connectivity index (χ0v) is 5.74. The molecule has 1 aliphatic rings. The summed E-state index contributed by atoms with van der Waals surface area (Å²) < 4.78 is 14.7. The highest BCUT2D eigenvalue weighted by Crippen LogP contribution is 2.13. The van der Waals surface area contributed by atoms with Crippen molar-refractivity contribution < 1.29 is 19.3 Å². The van der Waals surface area contributed by atoms with E-state index < -0.39 is 6.48 Å². The van der Waals surface area contributed by atoms with Gasteiger partial charge < -0.3 is 19.3 Å². The summed E-state index contributed by atoms with van der Waals surface area (Å²) in [4.78, 5) is 0. The lowest BCUT2D eigenvalue weighted by atomic mass is 10.6. The van der Waals surface area contributed by atoms with Crippen molar-refractivity contribution >= 4 is 0 Å². The molecular weight excluding hydrogens is 136 g/mol. The highest BCUT2D eigenvalue weighted by atomic mass is 16.9. The Morgan fingerprint density at radius 1 is 1.80 bits per heavy atom. The Balaban J connectivity index is 2.22. The second-order valence-corrected chi connectivity index (χ2v) is 1.74. The second-order valence-electron chi connectivity index (χ2n) is 1.74. The fourth-order valence-corrected chi connectivity index (χ4v) is 0.595. The third-order valence-corrected chi connectivity index (χ3v) is 1.02. The van der Waals surface area contributed by atoms with Crippen LogP contribution in [0.1, 0.15) is 6.92 Å². The molecule has 1 aliphatic heterocycles. The van der Waals surface area contributed by atoms with Crippen molar-refractivity contribution in [1.82, 2.24) is 0 Å². The van der Waals surface area contributed by atoms with Gasteiger partial charge in [0.05, 0.1) is 6.61 Å². The lowest BCUT2D eigenvalue weighted by Gasteiger charge is -2.09. The van der Waals surface area contributed by atoms with Gasteiger partial charge in [0, 0.05) is 0 Å². The first-order valence-corrected chi connectivity index (χ1v) is 3.10. The van der Waals surface area contributed by atoms with Crippen LogP contribution in [-0.2, 0) is 14.2 Å². The van der Waals surface area contributed by atoms with Gasteiger partial charge in [0.2, 0.25) is 0 Å². The van der Waals surface area contributed by atoms with E-state index in [2.05, 4.69) is 0 Å². The predicted octanol–water partition coefficient (Wildman–Crippen LogP) is 0.187. The van der Waals surface area contributed by atoms with Crippen LogP contribution < -0.4 is 0 Å². The lowest BCUT2D eigenvalue weighted by molar-refractivity contribution is -0.222. The van der Waals surface area contributed by atoms with Gasteiger partial charge in [0.25, 0.3) is 0 Å². The first-order valence-electron chi connectivity index (χ1n) is 3.10. The summed E-state index contributed by atoms with van der Waals surface area (Å²) in [6, 6.07) is 0. The number of rotatable bonds is 3. The van der Waals surface area contributed by atoms with E-state index in [1.807, 2.05) is 6.92 Å². The van der Waals surface area contributed by atoms with E-state index in [9.17, 15) is 0 Å². The topological polar surface area (TPSA) is 47.9 Å². The Labute approximate surface area is 59.0 Å². The molecule has 1 N–H and O–H groups in total. The molecule has 4 heteroatoms. The van der Waals surface area contributed by atoms with Crippen molar-refractivity contribution in [2.24, 2.45) is 0 Å². The summed E-state index contributed by atoms with van der Waals surface area (Å²) in [5, 5.41) is 8.52. The maximum atomic E-state index is 8.52. The summed E-state index contributed by atoms with van der Waals surface area (Å²) >= 11 is 0. The number of ether oxygens (including phenoxy) is 3. The van der Waals surface area contributed by atoms with Gasteiger partial charge in [-0.2, -0.15) is 0 Å². The van der Waals surface area contributed by atoms with Crippen molar-refractivity contribution in [3.8, 4) is 0 Å². The van der Waals surface area contributed by atoms with Crippen LogP contribution in [-0.4, -0.2) is 24.8 Å². The third kappa shape index (κ3) is 1.62. The molecule has 1 unspecified atom stereocenters. The molecule has 1 rings (SSSR count). The Morgan fingerprint density at radius 2 is 2.60 bits per heavy atom. The van der Waals surface area contributed by atoms with Gasteiger partial charge in [-0.1, -0.05) is 0 Å². The molecule has 0 bridgehead atoms. The van der Waals surface area contributed by atoms with Crippen LogP contribution in [0.2, 0.25) is 0 Å². The Kier molecular flexibility index (Phi) is 2.53. The van der Waals surface area contributed by atoms with Gasteiger partial charge in [-0.25, -0.2) is 0 Å². The molecule has 4 nitrogen and oxygen atoms in total. The standard InChI is InChI=1S/C6H10O4/c1-2-8-6-9-4-5(3-7)10-6/h4,6-7H,2-3H2,1H3. The SMILES string of the molecule is CCOC1OC=C(CO)O1. The molecule has 0 saturated heterocycles. The Hall–Kier alpha value is -0.740. The molecule has 0 aromatic rings. The molecule has 0 fully saturated rings. The average molecular weight is 146 g/mol. The molecule has 1 heterocycles. The minimum Gasteiger partial charge on any atom is -0.436 e. The van der Waals surface area contributed by atoms with E-state index in [4.69, 9.17) is 19.3 Å². The van der Waals surface area contributed by atoms with Crippen LogP contribution >= 0.6 is 0 Å². The van der Waals surface area contributed by atoms with Crippen LogP contribution in [0.15, 0.2) is 12.0 Å². The van der Waals surface area contributed by atoms with E-state index in [1.165, 1.54) is 6.26 Å². The number of aliphatic hydroxyl groups is 1. The van der Waals surface area contributed by atoms with Gasteiger partial charge >= 0.3 is 6.48 Å². The van der Waals surface area contributed by atoms with E-state index in [0.29, 0.717) is 12.4 Å². The van der Waals surface area contributed by atoms with Gasteiger partial charge in [0.15, 0.2) is 5.76 Å². The monoisotopic (exact) mass is 146 g/mol. The quantitative estimate of drug-likeness (QED) is 0.617. The molecule has 1 atom stereocenters. The number of hydrogen-bond donors (Lipinski definition) is 1. The Morgan fingerprint density at radius 3 is 3.10 bits per heavy atom. The second kappa shape index (κ2) is 3.43. The summed E-state index contributed by atoms with van der Waals surface area (Å²) in [5.41, 5.74) is 0. The van der Waals surface area contributed by atoms with Crippen molar-refractivity contribution in [3.63, 3.8) is 0 Å². The molecule has 0 radical (unpaired) electrons. The van der Waals surface area contributed by atoms with Crippen molar-refractivity contribution in [2.45, 2.75) is 13.4 Å². The molecular formula is C6H10O4. The van der Waals surface area contributed by atoms with Gasteiger partial charge in [-0.15, -0.1) is 0 Å². The number of hydrogen-bond acceptors (Lipinski definition) is 4. The normalized spacial score (nSPS) is 23.4. The molecule has 0 aliphatic carbocycles. The number of aliphatic hydroxyl groups excluding tert-OH is 1. The van der Waals surface area contributed by atoms with Gasteiger partial charge in [-0.3, -0.25) is 0 Å². The van der Waals surface area contributed by atoms with Crippen molar-refractivity contribution in [1.29, 1.82) is 0 Å². The van der Waals surface area contributed by atoms with Gasteiger partial charge in [-0.05, 0) is 6.92 Å². The molecule has 58 valence electrons. The summed E-state index contributed by atoms with van der Waals surface area (Å²) in [6.07, 6.45) is 1.35. The summed E-state index contributed by atoms with van der Waals surface area (Å²) in [5.74, 6) is 0.401. The van der Waals surface area contributed by atoms with Crippen LogP contribution in [0, 0.1) is 0 Å². The largest absolute Gasteiger partial charge is 0.436 e. The molecule has 0 saturated carbocycles. The van der Waals surface area contributed by atoms with Crippen LogP contribution in [0.3, 0.4) is 0 Å². The van der Waals surface area contributed by atoms with E-state index >= 15 is 0 Å². The van der Waals surface area contributed by atoms with E-state index in [1.54, 1.807) is 0 Å². The van der Waals surface area contributed by atoms with Crippen LogP contribution in [0.4, 0.5) is 0 Å². The van der Waals surface area contributed by atoms with Crippen molar-refractivity contribution in [2.75, 3.05) is 13.2 Å².